The first kappa shape index (κ1) is 12.3. The lowest BCUT2D eigenvalue weighted by Crippen LogP contribution is -2.36. The number of likely N-dealkylation sites (N-methyl/N-ethyl adjacent to an activating group) is 1. The molecule has 1 aromatic carbocycles. The van der Waals surface area contributed by atoms with Crippen molar-refractivity contribution in [3.63, 3.8) is 0 Å². The zero-order chi connectivity index (χ0) is 12.3. The summed E-state index contributed by atoms with van der Waals surface area (Å²) in [5, 5.41) is 3.30. The highest BCUT2D eigenvalue weighted by molar-refractivity contribution is 5.24. The van der Waals surface area contributed by atoms with E-state index in [4.69, 9.17) is 0 Å². The zero-order valence-corrected chi connectivity index (χ0v) is 11.1. The Morgan fingerprint density at radius 3 is 2.71 bits per heavy atom. The average molecular weight is 230 g/mol. The van der Waals surface area contributed by atoms with Gasteiger partial charge < -0.3 is 5.32 Å². The van der Waals surface area contributed by atoms with Crippen LogP contribution in [0.5, 0.6) is 0 Å². The summed E-state index contributed by atoms with van der Waals surface area (Å²) >= 11 is 0. The molecule has 1 aliphatic rings. The van der Waals surface area contributed by atoms with Gasteiger partial charge in [-0.15, -0.1) is 0 Å². The van der Waals surface area contributed by atoms with E-state index in [0.29, 0.717) is 0 Å². The molecule has 2 rings (SSSR count). The number of hydrogen-bond donors (Lipinski definition) is 1. The maximum atomic E-state index is 3.30. The highest BCUT2D eigenvalue weighted by Crippen LogP contribution is 2.12. The molecule has 0 saturated carbocycles. The molecule has 1 N–H and O–H groups in total. The summed E-state index contributed by atoms with van der Waals surface area (Å²) in [4.78, 5) is 2.38. The van der Waals surface area contributed by atoms with Gasteiger partial charge >= 0.3 is 0 Å². The third kappa shape index (κ3) is 3.42. The molecule has 0 aliphatic carbocycles. The van der Waals surface area contributed by atoms with Crippen molar-refractivity contribution in [3.05, 3.63) is 46.5 Å². The van der Waals surface area contributed by atoms with Crippen LogP contribution in [0.25, 0.3) is 0 Å². The van der Waals surface area contributed by atoms with Crippen molar-refractivity contribution in [2.75, 3.05) is 26.7 Å². The average Bonchev–Trinajstić information content (AvgIpc) is 2.13. The molecule has 0 amide bonds. The van der Waals surface area contributed by atoms with Crippen LogP contribution < -0.4 is 5.32 Å². The van der Waals surface area contributed by atoms with Crippen molar-refractivity contribution in [2.24, 2.45) is 0 Å². The first-order chi connectivity index (χ1) is 8.15. The minimum atomic E-state index is 1.03. The van der Waals surface area contributed by atoms with Crippen molar-refractivity contribution in [1.82, 2.24) is 10.2 Å². The Kier molecular flexibility index (Phi) is 3.97. The fraction of sp³-hybridized carbons (Fsp3) is 0.467. The summed E-state index contributed by atoms with van der Waals surface area (Å²) in [5.74, 6) is 0. The highest BCUT2D eigenvalue weighted by atomic mass is 15.1. The maximum absolute atomic E-state index is 3.30. The molecule has 1 aromatic rings. The SMILES string of the molecule is CC(CN(C)Cc1cccc(C)c1)=C1CNC1. The summed E-state index contributed by atoms with van der Waals surface area (Å²) in [6.45, 7) is 8.68. The summed E-state index contributed by atoms with van der Waals surface area (Å²) < 4.78 is 0. The van der Waals surface area contributed by atoms with E-state index in [1.165, 1.54) is 16.7 Å². The summed E-state index contributed by atoms with van der Waals surface area (Å²) in [5.41, 5.74) is 5.85. The van der Waals surface area contributed by atoms with Gasteiger partial charge in [0.1, 0.15) is 0 Å². The lowest BCUT2D eigenvalue weighted by atomic mass is 10.0. The van der Waals surface area contributed by atoms with Crippen LogP contribution in [0.1, 0.15) is 18.1 Å². The molecule has 17 heavy (non-hydrogen) atoms. The van der Waals surface area contributed by atoms with E-state index >= 15 is 0 Å². The van der Waals surface area contributed by atoms with Gasteiger partial charge in [0.2, 0.25) is 0 Å². The Labute approximate surface area is 104 Å². The number of aryl methyl sites for hydroxylation is 1. The molecule has 0 unspecified atom stereocenters. The van der Waals surface area contributed by atoms with Crippen LogP contribution in [0.3, 0.4) is 0 Å². The minimum absolute atomic E-state index is 1.03. The van der Waals surface area contributed by atoms with Crippen molar-refractivity contribution < 1.29 is 0 Å². The van der Waals surface area contributed by atoms with Gasteiger partial charge in [-0.25, -0.2) is 0 Å². The Hall–Kier alpha value is -1.12. The second-order valence-corrected chi connectivity index (χ2v) is 5.15. The summed E-state index contributed by atoms with van der Waals surface area (Å²) in [6.07, 6.45) is 0. The summed E-state index contributed by atoms with van der Waals surface area (Å²) in [6, 6.07) is 8.76. The topological polar surface area (TPSA) is 15.3 Å². The predicted molar refractivity (Wildman–Crippen MR) is 73.1 cm³/mol. The molecule has 1 fully saturated rings. The number of hydrogen-bond acceptors (Lipinski definition) is 2. The van der Waals surface area contributed by atoms with Gasteiger partial charge in [-0.3, -0.25) is 4.90 Å². The maximum Gasteiger partial charge on any atom is 0.0234 e. The molecule has 0 radical (unpaired) electrons. The van der Waals surface area contributed by atoms with Crippen LogP contribution in [-0.4, -0.2) is 31.6 Å². The van der Waals surface area contributed by atoms with Gasteiger partial charge in [0.25, 0.3) is 0 Å². The molecule has 1 saturated heterocycles. The van der Waals surface area contributed by atoms with Crippen LogP contribution >= 0.6 is 0 Å². The standard InChI is InChI=1S/C15H22N2/c1-12-5-4-6-14(7-12)11-17(3)10-13(2)15-8-16-9-15/h4-7,16H,8-11H2,1-3H3. The lowest BCUT2D eigenvalue weighted by molar-refractivity contribution is 0.352. The molecule has 92 valence electrons. The highest BCUT2D eigenvalue weighted by Gasteiger charge is 2.11. The molecule has 2 nitrogen and oxygen atoms in total. The summed E-state index contributed by atoms with van der Waals surface area (Å²) in [7, 11) is 2.19. The molecule has 0 aromatic heterocycles. The van der Waals surface area contributed by atoms with Gasteiger partial charge in [-0.1, -0.05) is 35.4 Å². The van der Waals surface area contributed by atoms with E-state index in [0.717, 1.165) is 26.2 Å². The van der Waals surface area contributed by atoms with Crippen molar-refractivity contribution in [3.8, 4) is 0 Å². The van der Waals surface area contributed by atoms with E-state index in [1.807, 2.05) is 0 Å². The third-order valence-corrected chi connectivity index (χ3v) is 3.32. The molecule has 0 atom stereocenters. The smallest absolute Gasteiger partial charge is 0.0234 e. The van der Waals surface area contributed by atoms with Crippen molar-refractivity contribution in [1.29, 1.82) is 0 Å². The van der Waals surface area contributed by atoms with Gasteiger partial charge in [0, 0.05) is 26.2 Å². The van der Waals surface area contributed by atoms with Crippen LogP contribution in [0.2, 0.25) is 0 Å². The zero-order valence-electron chi connectivity index (χ0n) is 11.1. The first-order valence-electron chi connectivity index (χ1n) is 6.27. The number of rotatable bonds is 4. The van der Waals surface area contributed by atoms with E-state index in [-0.39, 0.29) is 0 Å². The Morgan fingerprint density at radius 2 is 2.12 bits per heavy atom. The fourth-order valence-corrected chi connectivity index (χ4v) is 2.25. The van der Waals surface area contributed by atoms with Crippen LogP contribution in [-0.2, 0) is 6.54 Å². The minimum Gasteiger partial charge on any atom is -0.309 e. The van der Waals surface area contributed by atoms with Crippen LogP contribution in [0, 0.1) is 6.92 Å². The van der Waals surface area contributed by atoms with E-state index in [2.05, 4.69) is 55.4 Å². The van der Waals surface area contributed by atoms with Crippen molar-refractivity contribution in [2.45, 2.75) is 20.4 Å². The van der Waals surface area contributed by atoms with E-state index in [1.54, 1.807) is 5.57 Å². The molecule has 2 heteroatoms. The molecular formula is C15H22N2. The quantitative estimate of drug-likeness (QED) is 0.799. The molecule has 0 bridgehead atoms. The Bertz CT molecular complexity index is 415. The fourth-order valence-electron chi connectivity index (χ4n) is 2.25. The number of benzene rings is 1. The lowest BCUT2D eigenvalue weighted by Gasteiger charge is -2.25. The monoisotopic (exact) mass is 230 g/mol. The second-order valence-electron chi connectivity index (χ2n) is 5.15. The van der Waals surface area contributed by atoms with Gasteiger partial charge in [-0.05, 0) is 32.0 Å². The number of nitrogens with zero attached hydrogens (tertiary/aromatic N) is 1. The molecule has 1 aliphatic heterocycles. The predicted octanol–water partition coefficient (Wildman–Crippen LogP) is 2.35. The van der Waals surface area contributed by atoms with Crippen LogP contribution in [0.15, 0.2) is 35.4 Å². The molecule has 0 spiro atoms. The molecular weight excluding hydrogens is 208 g/mol. The van der Waals surface area contributed by atoms with Gasteiger partial charge in [0.05, 0.1) is 0 Å². The number of nitrogens with one attached hydrogen (secondary N) is 1. The van der Waals surface area contributed by atoms with E-state index in [9.17, 15) is 0 Å². The normalized spacial score (nSPS) is 14.9. The molecule has 1 heterocycles. The largest absolute Gasteiger partial charge is 0.309 e. The van der Waals surface area contributed by atoms with Gasteiger partial charge in [0.15, 0.2) is 0 Å². The van der Waals surface area contributed by atoms with E-state index < -0.39 is 0 Å². The van der Waals surface area contributed by atoms with Crippen molar-refractivity contribution >= 4 is 0 Å². The Balaban J connectivity index is 1.91. The third-order valence-electron chi connectivity index (χ3n) is 3.32. The first-order valence-corrected chi connectivity index (χ1v) is 6.27. The Morgan fingerprint density at radius 1 is 1.35 bits per heavy atom. The van der Waals surface area contributed by atoms with Crippen LogP contribution in [0.4, 0.5) is 0 Å². The van der Waals surface area contributed by atoms with Gasteiger partial charge in [-0.2, -0.15) is 0 Å². The second kappa shape index (κ2) is 5.48.